The van der Waals surface area contributed by atoms with Crippen molar-refractivity contribution in [3.8, 4) is 0 Å². The first-order chi connectivity index (χ1) is 13.6. The number of hydrogen-bond acceptors (Lipinski definition) is 5. The van der Waals surface area contributed by atoms with Gasteiger partial charge in [0.05, 0.1) is 22.5 Å². The molecule has 2 heterocycles. The van der Waals surface area contributed by atoms with Gasteiger partial charge >= 0.3 is 0 Å². The van der Waals surface area contributed by atoms with Gasteiger partial charge in [-0.3, -0.25) is 19.5 Å². The molecule has 1 aromatic heterocycles. The summed E-state index contributed by atoms with van der Waals surface area (Å²) in [6.07, 6.45) is 6.80. The molecule has 150 valence electrons. The van der Waals surface area contributed by atoms with Crippen molar-refractivity contribution in [1.82, 2.24) is 20.5 Å². The molecule has 2 fully saturated rings. The molecule has 3 aliphatic rings. The highest BCUT2D eigenvalue weighted by Gasteiger charge is 2.58. The molecule has 2 bridgehead atoms. The molecule has 8 heteroatoms. The monoisotopic (exact) mass is 401 g/mol. The fourth-order valence-corrected chi connectivity index (χ4v) is 5.33. The molecule has 1 aliphatic heterocycles. The summed E-state index contributed by atoms with van der Waals surface area (Å²) in [5, 5.41) is 9.69. The third-order valence-corrected chi connectivity index (χ3v) is 6.80. The number of imide groups is 1. The Balaban J connectivity index is 1.18. The number of aliphatic imine (C=N–C) groups is 1. The lowest BCUT2D eigenvalue weighted by Gasteiger charge is -2.18. The van der Waals surface area contributed by atoms with E-state index in [-0.39, 0.29) is 35.5 Å². The van der Waals surface area contributed by atoms with E-state index in [2.05, 4.69) is 38.1 Å². The van der Waals surface area contributed by atoms with Crippen LogP contribution in [0, 0.1) is 30.6 Å². The number of aryl methyl sites for hydroxylation is 1. The predicted octanol–water partition coefficient (Wildman–Crippen LogP) is 1.36. The van der Waals surface area contributed by atoms with Crippen molar-refractivity contribution >= 4 is 29.1 Å². The van der Waals surface area contributed by atoms with Crippen molar-refractivity contribution in [2.75, 3.05) is 26.7 Å². The number of nitrogens with one attached hydrogen (secondary N) is 2. The Bertz CT molecular complexity index is 787. The van der Waals surface area contributed by atoms with Crippen LogP contribution in [0.4, 0.5) is 0 Å². The van der Waals surface area contributed by atoms with Gasteiger partial charge in [0.25, 0.3) is 0 Å². The maximum atomic E-state index is 12.7. The summed E-state index contributed by atoms with van der Waals surface area (Å²) in [6, 6.07) is 0. The number of thiazole rings is 1. The highest BCUT2D eigenvalue weighted by molar-refractivity contribution is 7.09. The van der Waals surface area contributed by atoms with Gasteiger partial charge in [0.1, 0.15) is 0 Å². The number of hydrogen-bond donors (Lipinski definition) is 2. The molecule has 1 saturated heterocycles. The summed E-state index contributed by atoms with van der Waals surface area (Å²) in [6.45, 7) is 3.90. The molecule has 28 heavy (non-hydrogen) atoms. The summed E-state index contributed by atoms with van der Waals surface area (Å²) in [5.74, 6) is 1.16. The van der Waals surface area contributed by atoms with E-state index >= 15 is 0 Å². The highest BCUT2D eigenvalue weighted by Crippen LogP contribution is 2.52. The van der Waals surface area contributed by atoms with Gasteiger partial charge in [0.2, 0.25) is 11.8 Å². The molecule has 0 radical (unpaired) electrons. The Labute approximate surface area is 169 Å². The number of guanidine groups is 1. The first-order valence-electron chi connectivity index (χ1n) is 9.97. The van der Waals surface area contributed by atoms with E-state index in [0.29, 0.717) is 19.5 Å². The van der Waals surface area contributed by atoms with Crippen LogP contribution in [0.3, 0.4) is 0 Å². The number of aromatic nitrogens is 1. The Morgan fingerprint density at radius 1 is 1.21 bits per heavy atom. The molecule has 1 saturated carbocycles. The Hall–Kier alpha value is -2.22. The van der Waals surface area contributed by atoms with E-state index in [4.69, 9.17) is 0 Å². The average Bonchev–Trinajstić information content (AvgIpc) is 3.44. The van der Waals surface area contributed by atoms with E-state index in [9.17, 15) is 9.59 Å². The van der Waals surface area contributed by atoms with Gasteiger partial charge in [-0.2, -0.15) is 0 Å². The molecule has 2 N–H and O–H groups in total. The zero-order valence-corrected chi connectivity index (χ0v) is 17.2. The van der Waals surface area contributed by atoms with Crippen molar-refractivity contribution in [3.05, 3.63) is 28.2 Å². The molecule has 0 spiro atoms. The minimum absolute atomic E-state index is 0.0351. The van der Waals surface area contributed by atoms with Crippen LogP contribution in [-0.4, -0.2) is 54.3 Å². The second kappa shape index (κ2) is 8.03. The quantitative estimate of drug-likeness (QED) is 0.237. The maximum Gasteiger partial charge on any atom is 0.233 e. The third kappa shape index (κ3) is 3.57. The number of carbonyl (C=O) groups excluding carboxylic acids is 2. The molecule has 1 aromatic rings. The van der Waals surface area contributed by atoms with Gasteiger partial charge in [-0.25, -0.2) is 4.98 Å². The molecule has 2 aliphatic carbocycles. The van der Waals surface area contributed by atoms with Crippen LogP contribution in [0.15, 0.2) is 22.5 Å². The molecule has 4 unspecified atom stereocenters. The maximum absolute atomic E-state index is 12.7. The van der Waals surface area contributed by atoms with Crippen LogP contribution in [0.5, 0.6) is 0 Å². The average molecular weight is 402 g/mol. The lowest BCUT2D eigenvalue weighted by atomic mass is 9.85. The summed E-state index contributed by atoms with van der Waals surface area (Å²) in [4.78, 5) is 35.5. The first-order valence-corrected chi connectivity index (χ1v) is 10.9. The zero-order chi connectivity index (χ0) is 19.7. The van der Waals surface area contributed by atoms with Crippen molar-refractivity contribution in [2.45, 2.75) is 26.2 Å². The highest BCUT2D eigenvalue weighted by atomic mass is 32.1. The number of amides is 2. The fourth-order valence-electron chi connectivity index (χ4n) is 4.68. The van der Waals surface area contributed by atoms with Crippen LogP contribution in [0.2, 0.25) is 0 Å². The number of likely N-dealkylation sites (tertiary alicyclic amines) is 1. The van der Waals surface area contributed by atoms with Gasteiger partial charge < -0.3 is 10.6 Å². The second-order valence-corrected chi connectivity index (χ2v) is 8.78. The van der Waals surface area contributed by atoms with Crippen LogP contribution >= 0.6 is 11.3 Å². The zero-order valence-electron chi connectivity index (χ0n) is 16.4. The van der Waals surface area contributed by atoms with Crippen molar-refractivity contribution in [2.24, 2.45) is 28.7 Å². The van der Waals surface area contributed by atoms with E-state index in [1.807, 2.05) is 6.92 Å². The molecule has 7 nitrogen and oxygen atoms in total. The van der Waals surface area contributed by atoms with E-state index in [0.717, 1.165) is 36.0 Å². The molecular formula is C20H27N5O2S. The molecule has 4 atom stereocenters. The van der Waals surface area contributed by atoms with Crippen molar-refractivity contribution < 1.29 is 9.59 Å². The number of rotatable bonds is 7. The normalized spacial score (nSPS) is 28.4. The Morgan fingerprint density at radius 2 is 1.89 bits per heavy atom. The van der Waals surface area contributed by atoms with E-state index < -0.39 is 0 Å². The van der Waals surface area contributed by atoms with E-state index in [1.54, 1.807) is 18.4 Å². The smallest absolute Gasteiger partial charge is 0.233 e. The van der Waals surface area contributed by atoms with Crippen molar-refractivity contribution in [3.63, 3.8) is 0 Å². The SMILES string of the molecule is CN=C(NCCCN1C(=O)C2C3C=CC(C3)C2C1=O)NCCc1csc(C)n1. The number of nitrogens with zero attached hydrogens (tertiary/aromatic N) is 3. The summed E-state index contributed by atoms with van der Waals surface area (Å²) < 4.78 is 0. The Morgan fingerprint density at radius 3 is 2.50 bits per heavy atom. The largest absolute Gasteiger partial charge is 0.356 e. The van der Waals surface area contributed by atoms with Crippen LogP contribution in [0.1, 0.15) is 23.5 Å². The topological polar surface area (TPSA) is 86.7 Å². The third-order valence-electron chi connectivity index (χ3n) is 5.98. The van der Waals surface area contributed by atoms with Gasteiger partial charge in [-0.1, -0.05) is 12.2 Å². The van der Waals surface area contributed by atoms with E-state index in [1.165, 1.54) is 4.90 Å². The van der Waals surface area contributed by atoms with Gasteiger partial charge in [0.15, 0.2) is 5.96 Å². The van der Waals surface area contributed by atoms with Gasteiger partial charge in [0, 0.05) is 38.5 Å². The van der Waals surface area contributed by atoms with Crippen molar-refractivity contribution in [1.29, 1.82) is 0 Å². The fraction of sp³-hybridized carbons (Fsp3) is 0.600. The summed E-state index contributed by atoms with van der Waals surface area (Å²) in [7, 11) is 1.74. The van der Waals surface area contributed by atoms with Crippen LogP contribution < -0.4 is 10.6 Å². The summed E-state index contributed by atoms with van der Waals surface area (Å²) in [5.41, 5.74) is 1.09. The molecule has 4 rings (SSSR count). The molecular weight excluding hydrogens is 374 g/mol. The van der Waals surface area contributed by atoms with Gasteiger partial charge in [-0.05, 0) is 31.6 Å². The van der Waals surface area contributed by atoms with Crippen LogP contribution in [-0.2, 0) is 16.0 Å². The lowest BCUT2D eigenvalue weighted by Crippen LogP contribution is -2.40. The number of carbonyl (C=O) groups is 2. The molecule has 0 aromatic carbocycles. The predicted molar refractivity (Wildman–Crippen MR) is 109 cm³/mol. The second-order valence-electron chi connectivity index (χ2n) is 7.72. The lowest BCUT2D eigenvalue weighted by molar-refractivity contribution is -0.140. The Kier molecular flexibility index (Phi) is 5.48. The first kappa shape index (κ1) is 19.1. The number of fused-ring (bicyclic) bond motifs is 5. The van der Waals surface area contributed by atoms with Crippen LogP contribution in [0.25, 0.3) is 0 Å². The van der Waals surface area contributed by atoms with Gasteiger partial charge in [-0.15, -0.1) is 11.3 Å². The molecule has 2 amide bonds. The minimum Gasteiger partial charge on any atom is -0.356 e. The number of allylic oxidation sites excluding steroid dienone is 2. The summed E-state index contributed by atoms with van der Waals surface area (Å²) >= 11 is 1.66. The standard InChI is InChI=1S/C20H27N5O2S/c1-12-24-15(11-28-12)6-8-23-20(21-2)22-7-3-9-25-18(26)16-13-4-5-14(10-13)17(16)19(25)27/h4-5,11,13-14,16-17H,3,6-10H2,1-2H3,(H2,21,22,23). The minimum atomic E-state index is -0.0979.